The highest BCUT2D eigenvalue weighted by molar-refractivity contribution is 8.26. The summed E-state index contributed by atoms with van der Waals surface area (Å²) in [6.45, 7) is 5.43. The molecular formula is C15H14N2O2S2. The minimum atomic E-state index is -0.202. The third-order valence-corrected chi connectivity index (χ3v) is 4.17. The molecule has 1 aliphatic rings. The number of hydrogen-bond donors (Lipinski definition) is 0. The highest BCUT2D eigenvalue weighted by Crippen LogP contribution is 2.32. The van der Waals surface area contributed by atoms with Crippen LogP contribution in [-0.2, 0) is 9.59 Å². The van der Waals surface area contributed by atoms with Crippen LogP contribution in [0.3, 0.4) is 0 Å². The van der Waals surface area contributed by atoms with E-state index in [4.69, 9.17) is 12.2 Å². The SMILES string of the molecule is C=CCN1C(=O)/C(=C\N(C(C)=O)c2ccccc2)SC1=S. The molecule has 0 bridgehead atoms. The van der Waals surface area contributed by atoms with Gasteiger partial charge in [-0.2, -0.15) is 0 Å². The van der Waals surface area contributed by atoms with Gasteiger partial charge in [-0.05, 0) is 12.1 Å². The Labute approximate surface area is 133 Å². The molecule has 4 nitrogen and oxygen atoms in total. The maximum absolute atomic E-state index is 12.3. The van der Waals surface area contributed by atoms with Crippen molar-refractivity contribution in [3.05, 3.63) is 54.1 Å². The van der Waals surface area contributed by atoms with E-state index in [9.17, 15) is 9.59 Å². The lowest BCUT2D eigenvalue weighted by atomic mass is 10.3. The molecule has 2 rings (SSSR count). The monoisotopic (exact) mass is 318 g/mol. The molecule has 1 saturated heterocycles. The summed E-state index contributed by atoms with van der Waals surface area (Å²) in [5.41, 5.74) is 0.707. The molecule has 0 unspecified atom stereocenters. The fourth-order valence-corrected chi connectivity index (χ4v) is 3.07. The predicted molar refractivity (Wildman–Crippen MR) is 89.8 cm³/mol. The number of hydrogen-bond acceptors (Lipinski definition) is 4. The van der Waals surface area contributed by atoms with E-state index in [1.807, 2.05) is 30.3 Å². The number of benzene rings is 1. The molecule has 0 saturated carbocycles. The van der Waals surface area contributed by atoms with Crippen LogP contribution in [0.2, 0.25) is 0 Å². The first kappa shape index (κ1) is 15.5. The van der Waals surface area contributed by atoms with E-state index in [1.54, 1.807) is 12.3 Å². The average Bonchev–Trinajstić information content (AvgIpc) is 2.73. The Morgan fingerprint density at radius 1 is 1.43 bits per heavy atom. The summed E-state index contributed by atoms with van der Waals surface area (Å²) in [5.74, 6) is -0.373. The molecule has 1 aliphatic heterocycles. The Morgan fingerprint density at radius 2 is 2.10 bits per heavy atom. The average molecular weight is 318 g/mol. The number of para-hydroxylation sites is 1. The maximum atomic E-state index is 12.3. The fourth-order valence-electron chi connectivity index (χ4n) is 1.83. The molecule has 1 heterocycles. The van der Waals surface area contributed by atoms with Crippen molar-refractivity contribution in [2.75, 3.05) is 11.4 Å². The van der Waals surface area contributed by atoms with Gasteiger partial charge in [0.05, 0.1) is 4.91 Å². The van der Waals surface area contributed by atoms with Crippen molar-refractivity contribution in [2.45, 2.75) is 6.92 Å². The summed E-state index contributed by atoms with van der Waals surface area (Å²) in [6.07, 6.45) is 3.16. The number of nitrogens with zero attached hydrogens (tertiary/aromatic N) is 2. The van der Waals surface area contributed by atoms with E-state index in [-0.39, 0.29) is 11.8 Å². The van der Waals surface area contributed by atoms with Crippen molar-refractivity contribution in [3.8, 4) is 0 Å². The van der Waals surface area contributed by atoms with Crippen molar-refractivity contribution in [1.82, 2.24) is 4.90 Å². The summed E-state index contributed by atoms with van der Waals surface area (Å²) in [6, 6.07) is 9.15. The molecule has 6 heteroatoms. The summed E-state index contributed by atoms with van der Waals surface area (Å²) >= 11 is 6.36. The quantitative estimate of drug-likeness (QED) is 0.486. The van der Waals surface area contributed by atoms with Crippen molar-refractivity contribution in [1.29, 1.82) is 0 Å². The molecule has 108 valence electrons. The highest BCUT2D eigenvalue weighted by atomic mass is 32.2. The molecule has 2 amide bonds. The standard InChI is InChI=1S/C15H14N2O2S2/c1-3-9-16-14(19)13(21-15(16)20)10-17(11(2)18)12-7-5-4-6-8-12/h3-8,10H,1,9H2,2H3/b13-10+. The smallest absolute Gasteiger partial charge is 0.267 e. The van der Waals surface area contributed by atoms with Gasteiger partial charge >= 0.3 is 0 Å². The lowest BCUT2D eigenvalue weighted by Crippen LogP contribution is -2.29. The Bertz CT molecular complexity index is 626. The molecule has 1 aromatic carbocycles. The minimum Gasteiger partial charge on any atom is -0.289 e. The van der Waals surface area contributed by atoms with Crippen LogP contribution in [0.1, 0.15) is 6.92 Å². The zero-order valence-corrected chi connectivity index (χ0v) is 13.1. The predicted octanol–water partition coefficient (Wildman–Crippen LogP) is 2.93. The van der Waals surface area contributed by atoms with Crippen molar-refractivity contribution in [2.24, 2.45) is 0 Å². The van der Waals surface area contributed by atoms with Gasteiger partial charge in [0.2, 0.25) is 5.91 Å². The minimum absolute atomic E-state index is 0.171. The summed E-state index contributed by atoms with van der Waals surface area (Å²) in [5, 5.41) is 0. The normalized spacial score (nSPS) is 16.4. The molecular weight excluding hydrogens is 304 g/mol. The van der Waals surface area contributed by atoms with E-state index in [0.29, 0.717) is 21.5 Å². The molecule has 0 aliphatic carbocycles. The first-order valence-corrected chi connectivity index (χ1v) is 7.48. The number of thiocarbonyl (C=S) groups is 1. The van der Waals surface area contributed by atoms with Crippen LogP contribution in [0.4, 0.5) is 5.69 Å². The molecule has 21 heavy (non-hydrogen) atoms. The van der Waals surface area contributed by atoms with Crippen LogP contribution >= 0.6 is 24.0 Å². The third-order valence-electron chi connectivity index (χ3n) is 2.81. The number of rotatable bonds is 4. The Balaban J connectivity index is 2.32. The second-order valence-corrected chi connectivity index (χ2v) is 5.97. The van der Waals surface area contributed by atoms with Gasteiger partial charge in [-0.3, -0.25) is 19.4 Å². The van der Waals surface area contributed by atoms with Crippen LogP contribution in [-0.4, -0.2) is 27.6 Å². The van der Waals surface area contributed by atoms with Crippen LogP contribution in [0.5, 0.6) is 0 Å². The van der Waals surface area contributed by atoms with E-state index >= 15 is 0 Å². The number of carbonyl (C=O) groups excluding carboxylic acids is 2. The molecule has 0 spiro atoms. The van der Waals surface area contributed by atoms with E-state index in [1.165, 1.54) is 28.5 Å². The van der Waals surface area contributed by atoms with Gasteiger partial charge in [-0.25, -0.2) is 0 Å². The summed E-state index contributed by atoms with van der Waals surface area (Å²) in [7, 11) is 0. The molecule has 0 radical (unpaired) electrons. The van der Waals surface area contributed by atoms with Gasteiger partial charge < -0.3 is 0 Å². The number of thioether (sulfide) groups is 1. The van der Waals surface area contributed by atoms with Crippen LogP contribution < -0.4 is 4.90 Å². The van der Waals surface area contributed by atoms with Gasteiger partial charge in [0.15, 0.2) is 0 Å². The van der Waals surface area contributed by atoms with Crippen LogP contribution in [0.15, 0.2) is 54.1 Å². The fraction of sp³-hybridized carbons (Fsp3) is 0.133. The van der Waals surface area contributed by atoms with Gasteiger partial charge in [0, 0.05) is 25.4 Å². The Kier molecular flexibility index (Phi) is 4.93. The van der Waals surface area contributed by atoms with E-state index in [2.05, 4.69) is 6.58 Å². The first-order valence-electron chi connectivity index (χ1n) is 6.26. The van der Waals surface area contributed by atoms with Crippen molar-refractivity contribution in [3.63, 3.8) is 0 Å². The number of anilines is 1. The van der Waals surface area contributed by atoms with Gasteiger partial charge in [-0.1, -0.05) is 48.3 Å². The molecule has 0 N–H and O–H groups in total. The highest BCUT2D eigenvalue weighted by Gasteiger charge is 2.32. The van der Waals surface area contributed by atoms with Gasteiger partial charge in [0.1, 0.15) is 4.32 Å². The zero-order chi connectivity index (χ0) is 15.4. The van der Waals surface area contributed by atoms with Gasteiger partial charge in [-0.15, -0.1) is 6.58 Å². The molecule has 1 fully saturated rings. The second kappa shape index (κ2) is 6.69. The Hall–Kier alpha value is -1.92. The topological polar surface area (TPSA) is 40.6 Å². The van der Waals surface area contributed by atoms with Gasteiger partial charge in [0.25, 0.3) is 5.91 Å². The van der Waals surface area contributed by atoms with E-state index in [0.717, 1.165) is 0 Å². The summed E-state index contributed by atoms with van der Waals surface area (Å²) in [4.78, 5) is 27.4. The zero-order valence-electron chi connectivity index (χ0n) is 11.5. The van der Waals surface area contributed by atoms with E-state index < -0.39 is 0 Å². The second-order valence-electron chi connectivity index (χ2n) is 4.29. The molecule has 1 aromatic rings. The van der Waals surface area contributed by atoms with Crippen LogP contribution in [0, 0.1) is 0 Å². The molecule has 0 aromatic heterocycles. The third kappa shape index (κ3) is 3.40. The number of carbonyl (C=O) groups is 2. The maximum Gasteiger partial charge on any atom is 0.267 e. The molecule has 0 atom stereocenters. The van der Waals surface area contributed by atoms with Crippen LogP contribution in [0.25, 0.3) is 0 Å². The lowest BCUT2D eigenvalue weighted by Gasteiger charge is -2.17. The Morgan fingerprint density at radius 3 is 2.67 bits per heavy atom. The summed E-state index contributed by atoms with van der Waals surface area (Å²) < 4.78 is 0.475. The largest absolute Gasteiger partial charge is 0.289 e. The van der Waals surface area contributed by atoms with Crippen molar-refractivity contribution >= 4 is 45.8 Å². The number of amides is 2. The lowest BCUT2D eigenvalue weighted by molar-refractivity contribution is -0.121. The van der Waals surface area contributed by atoms with Crippen molar-refractivity contribution < 1.29 is 9.59 Å². The first-order chi connectivity index (χ1) is 10.0.